The van der Waals surface area contributed by atoms with Gasteiger partial charge in [0.1, 0.15) is 5.65 Å². The van der Waals surface area contributed by atoms with Crippen molar-refractivity contribution in [2.45, 2.75) is 13.3 Å². The fourth-order valence-corrected chi connectivity index (χ4v) is 3.05. The van der Waals surface area contributed by atoms with Crippen molar-refractivity contribution < 1.29 is 0 Å². The first-order valence-corrected chi connectivity index (χ1v) is 7.60. The Hall–Kier alpha value is -2.00. The lowest BCUT2D eigenvalue weighted by molar-refractivity contribution is 0.618. The normalized spacial score (nSPS) is 14.5. The van der Waals surface area contributed by atoms with Gasteiger partial charge < -0.3 is 9.30 Å². The lowest BCUT2D eigenvalue weighted by Crippen LogP contribution is -2.36. The summed E-state index contributed by atoms with van der Waals surface area (Å²) in [5.41, 5.74) is 5.29. The number of rotatable bonds is 2. The maximum Gasteiger partial charge on any atom is 0.137 e. The number of fused-ring (bicyclic) bond motifs is 1. The molecular weight excluding hydrogens is 282 g/mol. The molecule has 106 valence electrons. The Labute approximate surface area is 128 Å². The second-order valence-corrected chi connectivity index (χ2v) is 5.89. The number of pyridine rings is 1. The van der Waals surface area contributed by atoms with E-state index in [0.29, 0.717) is 0 Å². The Balaban J connectivity index is 1.89. The van der Waals surface area contributed by atoms with Gasteiger partial charge in [-0.25, -0.2) is 4.98 Å². The number of imidazole rings is 1. The Morgan fingerprint density at radius 1 is 1.14 bits per heavy atom. The molecule has 21 heavy (non-hydrogen) atoms. The molecule has 1 aliphatic heterocycles. The maximum atomic E-state index is 6.43. The Bertz CT molecular complexity index is 818. The minimum Gasteiger partial charge on any atom is -0.371 e. The molecule has 2 aromatic heterocycles. The average molecular weight is 298 g/mol. The number of aryl methyl sites for hydroxylation is 1. The number of hydrogen-bond donors (Lipinski definition) is 0. The summed E-state index contributed by atoms with van der Waals surface area (Å²) in [4.78, 5) is 7.11. The van der Waals surface area contributed by atoms with Gasteiger partial charge in [-0.05, 0) is 43.7 Å². The molecule has 1 aromatic carbocycles. The van der Waals surface area contributed by atoms with Crippen LogP contribution in [0.3, 0.4) is 0 Å². The number of halogens is 1. The third kappa shape index (κ3) is 2.00. The monoisotopic (exact) mass is 297 g/mol. The topological polar surface area (TPSA) is 20.5 Å². The van der Waals surface area contributed by atoms with Gasteiger partial charge in [-0.1, -0.05) is 17.7 Å². The van der Waals surface area contributed by atoms with Gasteiger partial charge >= 0.3 is 0 Å². The van der Waals surface area contributed by atoms with Crippen LogP contribution in [0.25, 0.3) is 16.9 Å². The zero-order valence-corrected chi connectivity index (χ0v) is 12.6. The number of hydrogen-bond acceptors (Lipinski definition) is 2. The van der Waals surface area contributed by atoms with Gasteiger partial charge in [0.15, 0.2) is 0 Å². The van der Waals surface area contributed by atoms with Crippen LogP contribution in [0.1, 0.15) is 12.1 Å². The minimum absolute atomic E-state index is 0.755. The molecule has 0 aliphatic carbocycles. The van der Waals surface area contributed by atoms with Crippen LogP contribution in [-0.2, 0) is 0 Å². The van der Waals surface area contributed by atoms with Crippen LogP contribution in [0.5, 0.6) is 0 Å². The zero-order valence-electron chi connectivity index (χ0n) is 11.9. The fraction of sp³-hybridized carbons (Fsp3) is 0.235. The molecule has 1 fully saturated rings. The summed E-state index contributed by atoms with van der Waals surface area (Å²) in [5, 5.41) is 0.755. The van der Waals surface area contributed by atoms with Crippen molar-refractivity contribution in [3.63, 3.8) is 0 Å². The van der Waals surface area contributed by atoms with Crippen molar-refractivity contribution in [2.24, 2.45) is 0 Å². The molecule has 0 unspecified atom stereocenters. The molecule has 0 atom stereocenters. The van der Waals surface area contributed by atoms with E-state index in [1.54, 1.807) is 0 Å². The Morgan fingerprint density at radius 3 is 2.71 bits per heavy atom. The van der Waals surface area contributed by atoms with Gasteiger partial charge in [0.05, 0.1) is 10.7 Å². The SMILES string of the molecule is Cc1c(-c2cc(N3CCC3)ccc2Cl)nc2ccccn12. The van der Waals surface area contributed by atoms with Gasteiger partial charge in [0.2, 0.25) is 0 Å². The van der Waals surface area contributed by atoms with Crippen LogP contribution in [0.4, 0.5) is 5.69 Å². The van der Waals surface area contributed by atoms with E-state index in [1.165, 1.54) is 12.1 Å². The predicted octanol–water partition coefficient (Wildman–Crippen LogP) is 4.17. The summed E-state index contributed by atoms with van der Waals surface area (Å²) < 4.78 is 2.10. The highest BCUT2D eigenvalue weighted by Crippen LogP contribution is 2.34. The van der Waals surface area contributed by atoms with Gasteiger partial charge in [0, 0.05) is 36.2 Å². The van der Waals surface area contributed by atoms with Crippen LogP contribution in [-0.4, -0.2) is 22.5 Å². The Morgan fingerprint density at radius 2 is 2.00 bits per heavy atom. The Kier molecular flexibility index (Phi) is 2.89. The van der Waals surface area contributed by atoms with Gasteiger partial charge in [-0.2, -0.15) is 0 Å². The van der Waals surface area contributed by atoms with E-state index in [4.69, 9.17) is 16.6 Å². The minimum atomic E-state index is 0.755. The maximum absolute atomic E-state index is 6.43. The third-order valence-corrected chi connectivity index (χ3v) is 4.52. The molecule has 3 aromatic rings. The lowest BCUT2D eigenvalue weighted by Gasteiger charge is -2.33. The smallest absolute Gasteiger partial charge is 0.137 e. The van der Waals surface area contributed by atoms with Crippen molar-refractivity contribution in [3.05, 3.63) is 53.3 Å². The predicted molar refractivity (Wildman–Crippen MR) is 87.2 cm³/mol. The molecule has 4 rings (SSSR count). The zero-order chi connectivity index (χ0) is 14.4. The van der Waals surface area contributed by atoms with E-state index in [-0.39, 0.29) is 0 Å². The van der Waals surface area contributed by atoms with Crippen molar-refractivity contribution in [3.8, 4) is 11.3 Å². The van der Waals surface area contributed by atoms with Crippen LogP contribution in [0.2, 0.25) is 5.02 Å². The summed E-state index contributed by atoms with van der Waals surface area (Å²) >= 11 is 6.43. The molecule has 4 heteroatoms. The van der Waals surface area contributed by atoms with E-state index < -0.39 is 0 Å². The van der Waals surface area contributed by atoms with Gasteiger partial charge in [0.25, 0.3) is 0 Å². The standard InChI is InChI=1S/C17H16ClN3/c1-12-17(19-16-5-2-3-10-21(12)16)14-11-13(6-7-15(14)18)20-8-4-9-20/h2-3,5-7,10-11H,4,8-9H2,1H3. The third-order valence-electron chi connectivity index (χ3n) is 4.20. The lowest BCUT2D eigenvalue weighted by atomic mass is 10.1. The largest absolute Gasteiger partial charge is 0.371 e. The molecular formula is C17H16ClN3. The quantitative estimate of drug-likeness (QED) is 0.707. The van der Waals surface area contributed by atoms with Crippen LogP contribution in [0, 0.1) is 6.92 Å². The molecule has 1 saturated heterocycles. The summed E-state index contributed by atoms with van der Waals surface area (Å²) in [5.74, 6) is 0. The van der Waals surface area contributed by atoms with E-state index in [1.807, 2.05) is 30.5 Å². The molecule has 0 bridgehead atoms. The molecule has 0 radical (unpaired) electrons. The second kappa shape index (κ2) is 4.78. The van der Waals surface area contributed by atoms with Crippen molar-refractivity contribution in [2.75, 3.05) is 18.0 Å². The molecule has 3 nitrogen and oxygen atoms in total. The van der Waals surface area contributed by atoms with Gasteiger partial charge in [-0.15, -0.1) is 0 Å². The molecule has 0 saturated carbocycles. The second-order valence-electron chi connectivity index (χ2n) is 5.48. The van der Waals surface area contributed by atoms with Gasteiger partial charge in [-0.3, -0.25) is 0 Å². The highest BCUT2D eigenvalue weighted by Gasteiger charge is 2.18. The van der Waals surface area contributed by atoms with Crippen molar-refractivity contribution >= 4 is 22.9 Å². The highest BCUT2D eigenvalue weighted by molar-refractivity contribution is 6.33. The molecule has 1 aliphatic rings. The number of benzene rings is 1. The van der Waals surface area contributed by atoms with E-state index in [2.05, 4.69) is 28.4 Å². The van der Waals surface area contributed by atoms with Crippen molar-refractivity contribution in [1.82, 2.24) is 9.38 Å². The summed E-state index contributed by atoms with van der Waals surface area (Å²) in [6, 6.07) is 12.3. The van der Waals surface area contributed by atoms with E-state index >= 15 is 0 Å². The molecule has 3 heterocycles. The average Bonchev–Trinajstić information content (AvgIpc) is 2.77. The fourth-order valence-electron chi connectivity index (χ4n) is 2.84. The highest BCUT2D eigenvalue weighted by atomic mass is 35.5. The van der Waals surface area contributed by atoms with Crippen molar-refractivity contribution in [1.29, 1.82) is 0 Å². The van der Waals surface area contributed by atoms with E-state index in [0.717, 1.165) is 40.7 Å². The van der Waals surface area contributed by atoms with E-state index in [9.17, 15) is 0 Å². The first kappa shape index (κ1) is 12.7. The molecule has 0 N–H and O–H groups in total. The summed E-state index contributed by atoms with van der Waals surface area (Å²) in [6.07, 6.45) is 3.31. The van der Waals surface area contributed by atoms with Crippen LogP contribution >= 0.6 is 11.6 Å². The number of nitrogens with zero attached hydrogens (tertiary/aromatic N) is 3. The number of anilines is 1. The summed E-state index contributed by atoms with van der Waals surface area (Å²) in [7, 11) is 0. The van der Waals surface area contributed by atoms with Crippen LogP contribution < -0.4 is 4.90 Å². The number of aromatic nitrogens is 2. The van der Waals surface area contributed by atoms with Crippen LogP contribution in [0.15, 0.2) is 42.6 Å². The molecule has 0 amide bonds. The summed E-state index contributed by atoms with van der Waals surface area (Å²) in [6.45, 7) is 4.35. The first-order valence-electron chi connectivity index (χ1n) is 7.22. The first-order chi connectivity index (χ1) is 10.2. The molecule has 0 spiro atoms.